The number of aliphatic hydroxyl groups is 2. The normalized spacial score (nSPS) is 19.2. The highest BCUT2D eigenvalue weighted by molar-refractivity contribution is 6.30. The number of aromatic nitrogens is 1. The SMILES string of the molecule is O=C(C1CC[NH+](CCCOc2ccc(Cl)cn2)CC1)N(CCO)CCO.[Cl-]. The Labute approximate surface area is 171 Å². The number of nitrogens with zero attached hydrogens (tertiary/aromatic N) is 2. The zero-order valence-corrected chi connectivity index (χ0v) is 17.0. The zero-order valence-electron chi connectivity index (χ0n) is 15.4. The van der Waals surface area contributed by atoms with Gasteiger partial charge in [0.25, 0.3) is 0 Å². The molecule has 0 spiro atoms. The Morgan fingerprint density at radius 3 is 2.48 bits per heavy atom. The molecule has 2 heterocycles. The molecule has 154 valence electrons. The van der Waals surface area contributed by atoms with Crippen molar-refractivity contribution in [1.82, 2.24) is 9.88 Å². The Kier molecular flexibility index (Phi) is 11.6. The minimum atomic E-state index is -0.0711. The van der Waals surface area contributed by atoms with E-state index in [1.54, 1.807) is 23.2 Å². The van der Waals surface area contributed by atoms with E-state index in [4.69, 9.17) is 26.6 Å². The number of piperidine rings is 1. The number of nitrogens with one attached hydrogen (secondary N) is 1. The largest absolute Gasteiger partial charge is 1.00 e. The van der Waals surface area contributed by atoms with Crippen molar-refractivity contribution in [2.75, 3.05) is 52.5 Å². The number of quaternary nitrogens is 1. The third-order valence-corrected chi connectivity index (χ3v) is 4.94. The topological polar surface area (TPSA) is 87.3 Å². The standard InChI is InChI=1S/C18H28ClN3O4.ClH/c19-16-2-3-17(20-14-16)26-13-1-6-21-7-4-15(5-8-21)18(25)22(9-11-23)10-12-24;/h2-3,14-15,23-24H,1,4-13H2;1H. The molecule has 1 aromatic heterocycles. The number of pyridine rings is 1. The first kappa shape index (κ1) is 23.9. The molecule has 1 saturated heterocycles. The van der Waals surface area contributed by atoms with Crippen molar-refractivity contribution in [3.63, 3.8) is 0 Å². The summed E-state index contributed by atoms with van der Waals surface area (Å²) < 4.78 is 5.61. The molecule has 9 heteroatoms. The van der Waals surface area contributed by atoms with Crippen molar-refractivity contribution in [2.45, 2.75) is 19.3 Å². The molecule has 2 rings (SSSR count). The lowest BCUT2D eigenvalue weighted by Crippen LogP contribution is -3.13. The van der Waals surface area contributed by atoms with Gasteiger partial charge < -0.3 is 37.2 Å². The number of aliphatic hydroxyl groups excluding tert-OH is 2. The summed E-state index contributed by atoms with van der Waals surface area (Å²) in [4.78, 5) is 19.6. The predicted octanol–water partition coefficient (Wildman–Crippen LogP) is -3.38. The summed E-state index contributed by atoms with van der Waals surface area (Å²) in [6, 6.07) is 3.52. The number of rotatable bonds is 10. The van der Waals surface area contributed by atoms with E-state index in [1.165, 1.54) is 4.90 Å². The molecule has 1 fully saturated rings. The van der Waals surface area contributed by atoms with E-state index in [0.717, 1.165) is 38.9 Å². The summed E-state index contributed by atoms with van der Waals surface area (Å²) in [6.07, 6.45) is 4.20. The van der Waals surface area contributed by atoms with Crippen molar-refractivity contribution < 1.29 is 37.1 Å². The maximum Gasteiger partial charge on any atom is 0.226 e. The Bertz CT molecular complexity index is 534. The second-order valence-corrected chi connectivity index (χ2v) is 7.00. The lowest BCUT2D eigenvalue weighted by atomic mass is 9.95. The molecular weight excluding hydrogens is 393 g/mol. The number of hydrogen-bond acceptors (Lipinski definition) is 5. The molecule has 0 saturated carbocycles. The molecule has 0 radical (unpaired) electrons. The van der Waals surface area contributed by atoms with Crippen molar-refractivity contribution >= 4 is 17.5 Å². The minimum absolute atomic E-state index is 0. The number of carbonyl (C=O) groups is 1. The van der Waals surface area contributed by atoms with Crippen molar-refractivity contribution in [1.29, 1.82) is 0 Å². The number of ether oxygens (including phenoxy) is 1. The minimum Gasteiger partial charge on any atom is -1.00 e. The summed E-state index contributed by atoms with van der Waals surface area (Å²) in [5, 5.41) is 18.7. The van der Waals surface area contributed by atoms with Crippen LogP contribution in [0.1, 0.15) is 19.3 Å². The summed E-state index contributed by atoms with van der Waals surface area (Å²) in [7, 11) is 0. The fraction of sp³-hybridized carbons (Fsp3) is 0.667. The van der Waals surface area contributed by atoms with Crippen LogP contribution >= 0.6 is 11.6 Å². The molecule has 1 aliphatic rings. The van der Waals surface area contributed by atoms with E-state index in [1.807, 2.05) is 0 Å². The first-order valence-corrected chi connectivity index (χ1v) is 9.60. The number of carbonyl (C=O) groups excluding carboxylic acids is 1. The fourth-order valence-electron chi connectivity index (χ4n) is 3.30. The molecule has 1 amide bonds. The van der Waals surface area contributed by atoms with Gasteiger partial charge in [0.1, 0.15) is 0 Å². The van der Waals surface area contributed by atoms with Crippen molar-refractivity contribution in [3.05, 3.63) is 23.4 Å². The van der Waals surface area contributed by atoms with Crippen LogP contribution in [0.15, 0.2) is 18.3 Å². The average molecular weight is 422 g/mol. The van der Waals surface area contributed by atoms with Crippen molar-refractivity contribution in [2.24, 2.45) is 5.92 Å². The van der Waals surface area contributed by atoms with Crippen LogP contribution in [0.25, 0.3) is 0 Å². The Hall–Kier alpha value is -1.12. The highest BCUT2D eigenvalue weighted by Gasteiger charge is 2.30. The Morgan fingerprint density at radius 2 is 1.93 bits per heavy atom. The van der Waals surface area contributed by atoms with Crippen LogP contribution in [0.3, 0.4) is 0 Å². The van der Waals surface area contributed by atoms with Gasteiger partial charge in [-0.3, -0.25) is 4.79 Å². The lowest BCUT2D eigenvalue weighted by molar-refractivity contribution is -0.906. The number of likely N-dealkylation sites (tertiary alicyclic amines) is 1. The summed E-state index contributed by atoms with van der Waals surface area (Å²) >= 11 is 5.79. The summed E-state index contributed by atoms with van der Waals surface area (Å²) in [5.74, 6) is 0.650. The molecule has 0 unspecified atom stereocenters. The van der Waals surface area contributed by atoms with Crippen molar-refractivity contribution in [3.8, 4) is 5.88 Å². The second kappa shape index (κ2) is 13.1. The zero-order chi connectivity index (χ0) is 18.8. The lowest BCUT2D eigenvalue weighted by Gasteiger charge is -2.32. The first-order chi connectivity index (χ1) is 12.6. The van der Waals surface area contributed by atoms with Gasteiger partial charge in [-0.05, 0) is 6.07 Å². The van der Waals surface area contributed by atoms with Gasteiger partial charge in [0.2, 0.25) is 11.8 Å². The average Bonchev–Trinajstić information content (AvgIpc) is 2.66. The maximum atomic E-state index is 12.5. The van der Waals surface area contributed by atoms with Crippen LogP contribution in [0.4, 0.5) is 0 Å². The van der Waals surface area contributed by atoms with E-state index in [-0.39, 0.29) is 37.4 Å². The molecule has 0 atom stereocenters. The van der Waals surface area contributed by atoms with Crippen LogP contribution < -0.4 is 22.0 Å². The van der Waals surface area contributed by atoms with Gasteiger partial charge in [-0.1, -0.05) is 11.6 Å². The van der Waals surface area contributed by atoms with Gasteiger partial charge in [0.15, 0.2) is 0 Å². The molecule has 1 aromatic rings. The van der Waals surface area contributed by atoms with Gasteiger partial charge in [0.05, 0.1) is 44.5 Å². The monoisotopic (exact) mass is 421 g/mol. The summed E-state index contributed by atoms with van der Waals surface area (Å²) in [5.41, 5.74) is 0. The predicted molar refractivity (Wildman–Crippen MR) is 98.4 cm³/mol. The highest BCUT2D eigenvalue weighted by Crippen LogP contribution is 2.14. The molecule has 1 aliphatic heterocycles. The fourth-order valence-corrected chi connectivity index (χ4v) is 3.41. The number of amides is 1. The van der Waals surface area contributed by atoms with E-state index in [9.17, 15) is 4.79 Å². The Balaban J connectivity index is 0.00000364. The molecule has 0 bridgehead atoms. The van der Waals surface area contributed by atoms with Gasteiger partial charge in [-0.2, -0.15) is 0 Å². The third kappa shape index (κ3) is 8.19. The van der Waals surface area contributed by atoms with Gasteiger partial charge >= 0.3 is 0 Å². The van der Waals surface area contributed by atoms with E-state index in [2.05, 4.69) is 4.98 Å². The van der Waals surface area contributed by atoms with Crippen LogP contribution in [0.5, 0.6) is 5.88 Å². The highest BCUT2D eigenvalue weighted by atomic mass is 35.5. The van der Waals surface area contributed by atoms with E-state index < -0.39 is 0 Å². The molecule has 3 N–H and O–H groups in total. The maximum absolute atomic E-state index is 12.5. The Morgan fingerprint density at radius 1 is 1.26 bits per heavy atom. The van der Waals surface area contributed by atoms with Gasteiger partial charge in [-0.25, -0.2) is 4.98 Å². The van der Waals surface area contributed by atoms with E-state index >= 15 is 0 Å². The number of hydrogen-bond donors (Lipinski definition) is 3. The van der Waals surface area contributed by atoms with Gasteiger partial charge in [-0.15, -0.1) is 0 Å². The third-order valence-electron chi connectivity index (χ3n) is 4.72. The number of halogens is 2. The van der Waals surface area contributed by atoms with E-state index in [0.29, 0.717) is 30.6 Å². The first-order valence-electron chi connectivity index (χ1n) is 9.22. The second-order valence-electron chi connectivity index (χ2n) is 6.56. The quantitative estimate of drug-likeness (QED) is 0.343. The summed E-state index contributed by atoms with van der Waals surface area (Å²) in [6.45, 7) is 3.98. The van der Waals surface area contributed by atoms with Crippen LogP contribution in [0, 0.1) is 5.92 Å². The molecule has 0 aromatic carbocycles. The van der Waals surface area contributed by atoms with Crippen LogP contribution in [-0.2, 0) is 4.79 Å². The molecule has 27 heavy (non-hydrogen) atoms. The molecule has 7 nitrogen and oxygen atoms in total. The smallest absolute Gasteiger partial charge is 0.226 e. The van der Waals surface area contributed by atoms with Crippen LogP contribution in [0.2, 0.25) is 5.02 Å². The van der Waals surface area contributed by atoms with Crippen LogP contribution in [-0.4, -0.2) is 78.5 Å². The molecule has 0 aliphatic carbocycles. The molecular formula is C18H29Cl2N3O4. The van der Waals surface area contributed by atoms with Gasteiger partial charge in [0, 0.05) is 50.5 Å².